The number of aliphatic hydroxyl groups excluding tert-OH is 2. The van der Waals surface area contributed by atoms with Gasteiger partial charge in [0.1, 0.15) is 17.3 Å². The molecule has 3 rings (SSSR count). The van der Waals surface area contributed by atoms with Crippen molar-refractivity contribution in [2.45, 2.75) is 63.3 Å². The lowest BCUT2D eigenvalue weighted by Crippen LogP contribution is -2.68. The summed E-state index contributed by atoms with van der Waals surface area (Å²) >= 11 is 0. The van der Waals surface area contributed by atoms with E-state index in [1.54, 1.807) is 6.92 Å². The molecule has 0 radical (unpaired) electrons. The first-order valence-corrected chi connectivity index (χ1v) is 11.9. The molecule has 1 heterocycles. The van der Waals surface area contributed by atoms with Gasteiger partial charge in [-0.05, 0) is 29.3 Å². The van der Waals surface area contributed by atoms with Crippen molar-refractivity contribution in [2.75, 3.05) is 6.61 Å². The minimum absolute atomic E-state index is 0.0292. The molecule has 0 saturated carbocycles. The fourth-order valence-electron chi connectivity index (χ4n) is 4.23. The van der Waals surface area contributed by atoms with Crippen LogP contribution in [0.1, 0.15) is 34.6 Å². The number of rotatable bonds is 5. The highest BCUT2D eigenvalue weighted by molar-refractivity contribution is 6.99. The normalized spacial score (nSPS) is 30.5. The molecule has 2 aromatic rings. The zero-order valence-corrected chi connectivity index (χ0v) is 18.8. The number of aliphatic hydroxyl groups is 3. The molecular formula is C23H32O5Si. The van der Waals surface area contributed by atoms with Crippen LogP contribution in [0.2, 0.25) is 5.04 Å². The lowest BCUT2D eigenvalue weighted by Gasteiger charge is -2.46. The molecular weight excluding hydrogens is 384 g/mol. The van der Waals surface area contributed by atoms with Crippen LogP contribution in [0.3, 0.4) is 0 Å². The van der Waals surface area contributed by atoms with E-state index >= 15 is 0 Å². The van der Waals surface area contributed by atoms with Crippen LogP contribution in [0.4, 0.5) is 0 Å². The number of ether oxygens (including phenoxy) is 1. The first-order chi connectivity index (χ1) is 13.5. The van der Waals surface area contributed by atoms with Gasteiger partial charge in [0, 0.05) is 0 Å². The second kappa shape index (κ2) is 7.61. The topological polar surface area (TPSA) is 79.2 Å². The standard InChI is InChI=1S/C23H32O5Si/c1-21(2,3)29(17-12-8-6-9-13-17,18-14-10-7-11-15-18)27-16-22(4)23(5,26)19(24)20(25)28-22/h6-15,19-20,24-26H,16H2,1-5H3/t19-,20?,22+,23-/m0/s1. The van der Waals surface area contributed by atoms with Crippen LogP contribution in [-0.2, 0) is 9.16 Å². The van der Waals surface area contributed by atoms with Crippen molar-refractivity contribution in [1.82, 2.24) is 0 Å². The molecule has 2 aromatic carbocycles. The molecule has 1 aliphatic rings. The molecule has 0 amide bonds. The quantitative estimate of drug-likeness (QED) is 0.648. The molecule has 1 fully saturated rings. The Morgan fingerprint density at radius 2 is 1.38 bits per heavy atom. The van der Waals surface area contributed by atoms with E-state index in [0.29, 0.717) is 0 Å². The highest BCUT2D eigenvalue weighted by atomic mass is 28.4. The largest absolute Gasteiger partial charge is 0.404 e. The van der Waals surface area contributed by atoms with Gasteiger partial charge in [-0.15, -0.1) is 0 Å². The fraction of sp³-hybridized carbons (Fsp3) is 0.478. The van der Waals surface area contributed by atoms with E-state index < -0.39 is 31.9 Å². The molecule has 3 N–H and O–H groups in total. The number of hydrogen-bond donors (Lipinski definition) is 3. The Morgan fingerprint density at radius 1 is 0.931 bits per heavy atom. The van der Waals surface area contributed by atoms with Crippen LogP contribution >= 0.6 is 0 Å². The summed E-state index contributed by atoms with van der Waals surface area (Å²) in [6.45, 7) is 9.67. The summed E-state index contributed by atoms with van der Waals surface area (Å²) in [6, 6.07) is 20.3. The van der Waals surface area contributed by atoms with Crippen molar-refractivity contribution in [3.05, 3.63) is 60.7 Å². The van der Waals surface area contributed by atoms with E-state index in [4.69, 9.17) is 9.16 Å². The van der Waals surface area contributed by atoms with Gasteiger partial charge in [0.25, 0.3) is 8.32 Å². The van der Waals surface area contributed by atoms with Crippen LogP contribution in [0.25, 0.3) is 0 Å². The van der Waals surface area contributed by atoms with Gasteiger partial charge in [0.15, 0.2) is 6.29 Å². The van der Waals surface area contributed by atoms with Crippen molar-refractivity contribution in [2.24, 2.45) is 0 Å². The van der Waals surface area contributed by atoms with E-state index in [2.05, 4.69) is 45.0 Å². The fourth-order valence-corrected chi connectivity index (χ4v) is 8.88. The number of benzene rings is 2. The second-order valence-corrected chi connectivity index (χ2v) is 13.6. The molecule has 0 aliphatic carbocycles. The lowest BCUT2D eigenvalue weighted by atomic mass is 9.84. The highest BCUT2D eigenvalue weighted by Gasteiger charge is 2.61. The van der Waals surface area contributed by atoms with Gasteiger partial charge in [-0.3, -0.25) is 0 Å². The maximum absolute atomic E-state index is 10.9. The van der Waals surface area contributed by atoms with Gasteiger partial charge in [-0.25, -0.2) is 0 Å². The third-order valence-corrected chi connectivity index (χ3v) is 11.3. The first-order valence-electron chi connectivity index (χ1n) is 9.97. The lowest BCUT2D eigenvalue weighted by molar-refractivity contribution is -0.174. The molecule has 4 atom stereocenters. The predicted molar refractivity (Wildman–Crippen MR) is 116 cm³/mol. The van der Waals surface area contributed by atoms with Crippen molar-refractivity contribution >= 4 is 18.7 Å². The van der Waals surface area contributed by atoms with Crippen molar-refractivity contribution in [1.29, 1.82) is 0 Å². The molecule has 5 nitrogen and oxygen atoms in total. The SMILES string of the molecule is CC(C)(C)[Si](OC[C@@]1(C)OC(O)[C@H](O)[C@]1(C)O)(c1ccccc1)c1ccccc1. The third kappa shape index (κ3) is 3.58. The van der Waals surface area contributed by atoms with Gasteiger partial charge >= 0.3 is 0 Å². The summed E-state index contributed by atoms with van der Waals surface area (Å²) in [5.74, 6) is 0. The molecule has 158 valence electrons. The van der Waals surface area contributed by atoms with Crippen LogP contribution in [0, 0.1) is 0 Å². The molecule has 0 bridgehead atoms. The predicted octanol–water partition coefficient (Wildman–Crippen LogP) is 1.78. The Labute approximate surface area is 174 Å². The zero-order chi connectivity index (χ0) is 21.5. The smallest absolute Gasteiger partial charge is 0.261 e. The Bertz CT molecular complexity index is 779. The molecule has 0 spiro atoms. The van der Waals surface area contributed by atoms with Crippen LogP contribution < -0.4 is 10.4 Å². The van der Waals surface area contributed by atoms with Crippen LogP contribution in [-0.4, -0.2) is 53.8 Å². The third-order valence-electron chi connectivity index (χ3n) is 6.28. The van der Waals surface area contributed by atoms with Gasteiger partial charge in [-0.2, -0.15) is 0 Å². The summed E-state index contributed by atoms with van der Waals surface area (Å²) in [6.07, 6.45) is -2.87. The maximum atomic E-state index is 10.9. The van der Waals surface area contributed by atoms with Gasteiger partial charge in [0.2, 0.25) is 0 Å². The molecule has 1 unspecified atom stereocenters. The average Bonchev–Trinajstić information content (AvgIpc) is 2.82. The van der Waals surface area contributed by atoms with E-state index in [1.807, 2.05) is 36.4 Å². The van der Waals surface area contributed by atoms with Crippen LogP contribution in [0.15, 0.2) is 60.7 Å². The number of hydrogen-bond acceptors (Lipinski definition) is 5. The minimum Gasteiger partial charge on any atom is -0.404 e. The van der Waals surface area contributed by atoms with Crippen molar-refractivity contribution in [3.8, 4) is 0 Å². The van der Waals surface area contributed by atoms with Gasteiger partial charge in [-0.1, -0.05) is 81.4 Å². The highest BCUT2D eigenvalue weighted by Crippen LogP contribution is 2.42. The summed E-state index contributed by atoms with van der Waals surface area (Å²) in [5.41, 5.74) is -2.92. The molecule has 29 heavy (non-hydrogen) atoms. The Hall–Kier alpha value is -1.54. The van der Waals surface area contributed by atoms with Crippen molar-refractivity contribution < 1.29 is 24.5 Å². The molecule has 1 aliphatic heterocycles. The summed E-state index contributed by atoms with van der Waals surface area (Å²) < 4.78 is 12.4. The van der Waals surface area contributed by atoms with E-state index in [9.17, 15) is 15.3 Å². The summed E-state index contributed by atoms with van der Waals surface area (Å²) in [7, 11) is -2.82. The Balaban J connectivity index is 2.10. The molecule has 1 saturated heterocycles. The van der Waals surface area contributed by atoms with Crippen LogP contribution in [0.5, 0.6) is 0 Å². The van der Waals surface area contributed by atoms with Gasteiger partial charge in [0.05, 0.1) is 6.61 Å². The average molecular weight is 417 g/mol. The van der Waals surface area contributed by atoms with Crippen molar-refractivity contribution in [3.63, 3.8) is 0 Å². The zero-order valence-electron chi connectivity index (χ0n) is 17.8. The van der Waals surface area contributed by atoms with E-state index in [0.717, 1.165) is 10.4 Å². The second-order valence-electron chi connectivity index (χ2n) is 9.28. The maximum Gasteiger partial charge on any atom is 0.261 e. The molecule has 6 heteroatoms. The van der Waals surface area contributed by atoms with E-state index in [1.165, 1.54) is 6.92 Å². The van der Waals surface area contributed by atoms with Gasteiger partial charge < -0.3 is 24.5 Å². The summed E-state index contributed by atoms with van der Waals surface area (Å²) in [5, 5.41) is 33.1. The first kappa shape index (κ1) is 22.1. The summed E-state index contributed by atoms with van der Waals surface area (Å²) in [4.78, 5) is 0. The Morgan fingerprint density at radius 3 is 1.72 bits per heavy atom. The Kier molecular flexibility index (Phi) is 5.81. The van der Waals surface area contributed by atoms with E-state index in [-0.39, 0.29) is 11.6 Å². The monoisotopic (exact) mass is 416 g/mol. The molecule has 0 aromatic heterocycles. The minimum atomic E-state index is -2.82.